The molecule has 4 N–H and O–H groups in total. The summed E-state index contributed by atoms with van der Waals surface area (Å²) in [5.41, 5.74) is -5.59. The quantitative estimate of drug-likeness (QED) is 0.151. The summed E-state index contributed by atoms with van der Waals surface area (Å²) in [5, 5.41) is 4.92. The van der Waals surface area contributed by atoms with Crippen molar-refractivity contribution in [3.63, 3.8) is 0 Å². The second-order valence-electron chi connectivity index (χ2n) is 9.30. The molecule has 1 amide bonds. The van der Waals surface area contributed by atoms with Crippen LogP contribution in [0.4, 0.5) is 34.8 Å². The van der Waals surface area contributed by atoms with Gasteiger partial charge in [-0.15, -0.1) is 13.2 Å². The first-order chi connectivity index (χ1) is 23.0. The van der Waals surface area contributed by atoms with E-state index in [2.05, 4.69) is 15.4 Å². The van der Waals surface area contributed by atoms with Gasteiger partial charge in [0.25, 0.3) is 21.7 Å². The van der Waals surface area contributed by atoms with E-state index in [1.165, 1.54) is 13.0 Å². The molecular weight excluding hydrogens is 725 g/mol. The van der Waals surface area contributed by atoms with Crippen molar-refractivity contribution in [3.8, 4) is 17.2 Å². The Morgan fingerprint density at radius 2 is 1.93 bits per heavy atom. The van der Waals surface area contributed by atoms with Gasteiger partial charge in [0.1, 0.15) is 17.2 Å². The van der Waals surface area contributed by atoms with Gasteiger partial charge in [-0.05, 0) is 79.0 Å². The van der Waals surface area contributed by atoms with E-state index >= 15 is 4.39 Å². The van der Waals surface area contributed by atoms with E-state index in [9.17, 15) is 31.2 Å². The number of aromatic nitrogens is 1. The van der Waals surface area contributed by atoms with Gasteiger partial charge < -0.3 is 20.1 Å². The lowest BCUT2D eigenvalue weighted by Crippen LogP contribution is -2.40. The van der Waals surface area contributed by atoms with Crippen LogP contribution in [-0.2, 0) is 17.2 Å². The van der Waals surface area contributed by atoms with E-state index in [0.717, 1.165) is 30.3 Å². The summed E-state index contributed by atoms with van der Waals surface area (Å²) in [5.74, 6) is -6.88. The zero-order valence-electron chi connectivity index (χ0n) is 28.6. The van der Waals surface area contributed by atoms with Gasteiger partial charge in [-0.2, -0.15) is 13.1 Å². The Labute approximate surface area is 272 Å². The Hall–Kier alpha value is -3.58. The Balaban J connectivity index is 2.13. The number of para-hydroxylation sites is 1. The number of carbonyl (C=O) groups is 1. The fourth-order valence-corrected chi connectivity index (χ4v) is 5.35. The minimum Gasteiger partial charge on any atom is -0.452 e. The minimum absolute atomic E-state index is 0.0667. The molecule has 0 saturated heterocycles. The summed E-state index contributed by atoms with van der Waals surface area (Å²) in [6.07, 6.45) is -3.94. The van der Waals surface area contributed by atoms with Gasteiger partial charge in [-0.1, -0.05) is 13.0 Å². The van der Waals surface area contributed by atoms with E-state index in [-0.39, 0.29) is 11.1 Å². The van der Waals surface area contributed by atoms with Crippen molar-refractivity contribution < 1.29 is 48.5 Å². The van der Waals surface area contributed by atoms with E-state index in [4.69, 9.17) is 13.0 Å². The number of hydrogen-bond acceptors (Lipinski definition) is 7. The highest BCUT2D eigenvalue weighted by Gasteiger charge is 2.36. The zero-order chi connectivity index (χ0) is 37.4. The summed E-state index contributed by atoms with van der Waals surface area (Å²) in [7, 11) is -4.51. The van der Waals surface area contributed by atoms with Crippen LogP contribution in [0.5, 0.6) is 17.2 Å². The van der Waals surface area contributed by atoms with Crippen LogP contribution in [0.1, 0.15) is 50.3 Å². The second-order valence-corrected chi connectivity index (χ2v) is 12.1. The van der Waals surface area contributed by atoms with Crippen LogP contribution in [0.25, 0.3) is 0 Å². The number of pyridine rings is 1. The fourth-order valence-electron chi connectivity index (χ4n) is 3.99. The standard InChI is InChI=1S/C27H28F4IN5O6S/c1-4-33-44(40,41)36-19-9-6-10-20(23(19)43-27(29,30)31)42-22-14(2)26(39)37(3)24(21(22)25(38)34-16-7-5-8-16)35-18-12-11-15(32)13-17(18)28/h6,9-13,16,33,35-36H,4-5,7-8H2,1-3H3,(H,34,38)/i2D3,3D3. The number of benzene rings is 2. The maximum absolute atomic E-state index is 15.1. The molecule has 1 saturated carbocycles. The van der Waals surface area contributed by atoms with Crippen molar-refractivity contribution in [2.75, 3.05) is 16.6 Å². The molecular formula is C27H28F4IN5O6S. The average Bonchev–Trinajstić information content (AvgIpc) is 2.91. The van der Waals surface area contributed by atoms with Crippen molar-refractivity contribution in [3.05, 3.63) is 67.3 Å². The molecule has 0 atom stereocenters. The Kier molecular flexibility index (Phi) is 7.71. The third-order valence-corrected chi connectivity index (χ3v) is 8.00. The number of halogens is 5. The molecule has 3 aromatic rings. The van der Waals surface area contributed by atoms with Crippen molar-refractivity contribution in [1.29, 1.82) is 0 Å². The molecule has 0 unspecified atom stereocenters. The number of anilines is 3. The molecule has 1 aliphatic rings. The fraction of sp³-hybridized carbons (Fsp3) is 0.333. The van der Waals surface area contributed by atoms with E-state index in [1.54, 1.807) is 22.6 Å². The number of carbonyl (C=O) groups excluding carboxylic acids is 1. The average molecular weight is 760 g/mol. The third kappa shape index (κ3) is 7.73. The van der Waals surface area contributed by atoms with Crippen molar-refractivity contribution in [2.24, 2.45) is 6.98 Å². The van der Waals surface area contributed by atoms with Gasteiger partial charge in [-0.3, -0.25) is 18.9 Å². The number of hydrogen-bond donors (Lipinski definition) is 4. The molecule has 238 valence electrons. The van der Waals surface area contributed by atoms with Crippen molar-refractivity contribution in [1.82, 2.24) is 14.6 Å². The molecule has 4 rings (SSSR count). The van der Waals surface area contributed by atoms with E-state index in [1.807, 2.05) is 9.44 Å². The first-order valence-corrected chi connectivity index (χ1v) is 15.3. The normalized spacial score (nSPS) is 16.2. The largest absolute Gasteiger partial charge is 0.573 e. The van der Waals surface area contributed by atoms with Crippen LogP contribution >= 0.6 is 22.6 Å². The van der Waals surface area contributed by atoms with Crippen molar-refractivity contribution in [2.45, 2.75) is 45.4 Å². The van der Waals surface area contributed by atoms with Gasteiger partial charge in [-0.25, -0.2) is 4.39 Å². The molecule has 0 aliphatic heterocycles. The second kappa shape index (κ2) is 13.2. The predicted molar refractivity (Wildman–Crippen MR) is 163 cm³/mol. The maximum Gasteiger partial charge on any atom is 0.573 e. The van der Waals surface area contributed by atoms with Gasteiger partial charge in [0.2, 0.25) is 0 Å². The monoisotopic (exact) mass is 759 g/mol. The lowest BCUT2D eigenvalue weighted by molar-refractivity contribution is -0.274. The molecule has 1 fully saturated rings. The lowest BCUT2D eigenvalue weighted by atomic mass is 9.93. The minimum atomic E-state index is -5.51. The zero-order valence-corrected chi connectivity index (χ0v) is 25.5. The predicted octanol–water partition coefficient (Wildman–Crippen LogP) is 5.42. The van der Waals surface area contributed by atoms with Gasteiger partial charge in [0.15, 0.2) is 17.2 Å². The first-order valence-electron chi connectivity index (χ1n) is 15.7. The Morgan fingerprint density at radius 1 is 1.18 bits per heavy atom. The molecule has 0 spiro atoms. The molecule has 1 aromatic heterocycles. The highest BCUT2D eigenvalue weighted by atomic mass is 127. The lowest BCUT2D eigenvalue weighted by Gasteiger charge is -2.28. The molecule has 11 nitrogen and oxygen atoms in total. The summed E-state index contributed by atoms with van der Waals surface area (Å²) in [4.78, 5) is 27.9. The van der Waals surface area contributed by atoms with Crippen LogP contribution in [0, 0.1) is 16.2 Å². The van der Waals surface area contributed by atoms with E-state index in [0.29, 0.717) is 22.8 Å². The molecule has 2 aromatic carbocycles. The van der Waals surface area contributed by atoms with Gasteiger partial charge in [0, 0.05) is 31.4 Å². The molecule has 17 heteroatoms. The van der Waals surface area contributed by atoms with Gasteiger partial charge in [0.05, 0.1) is 16.9 Å². The van der Waals surface area contributed by atoms with Gasteiger partial charge >= 0.3 is 6.36 Å². The summed E-state index contributed by atoms with van der Waals surface area (Å²) in [6.45, 7) is -5.92. The summed E-state index contributed by atoms with van der Waals surface area (Å²) >= 11 is 1.78. The Bertz CT molecular complexity index is 1960. The number of alkyl halides is 3. The molecule has 0 radical (unpaired) electrons. The Morgan fingerprint density at radius 3 is 2.52 bits per heavy atom. The number of ether oxygens (including phenoxy) is 2. The smallest absolute Gasteiger partial charge is 0.452 e. The molecule has 1 aliphatic carbocycles. The molecule has 0 bridgehead atoms. The number of nitrogens with one attached hydrogen (secondary N) is 4. The number of nitrogens with zero attached hydrogens (tertiary/aromatic N) is 1. The van der Waals surface area contributed by atoms with Crippen LogP contribution in [0.15, 0.2) is 41.2 Å². The van der Waals surface area contributed by atoms with E-state index < -0.39 is 99.3 Å². The highest BCUT2D eigenvalue weighted by Crippen LogP contribution is 2.43. The van der Waals surface area contributed by atoms with Crippen LogP contribution < -0.4 is 35.1 Å². The van der Waals surface area contributed by atoms with Crippen molar-refractivity contribution >= 4 is 55.9 Å². The van der Waals surface area contributed by atoms with Crippen LogP contribution in [0.3, 0.4) is 0 Å². The number of rotatable bonds is 11. The highest BCUT2D eigenvalue weighted by molar-refractivity contribution is 14.1. The molecule has 44 heavy (non-hydrogen) atoms. The van der Waals surface area contributed by atoms with Crippen LogP contribution in [0.2, 0.25) is 0 Å². The number of amides is 1. The summed E-state index contributed by atoms with van der Waals surface area (Å²) in [6, 6.07) is 5.62. The molecule has 1 heterocycles. The third-order valence-electron chi connectivity index (χ3n) is 6.17. The topological polar surface area (TPSA) is 140 Å². The SMILES string of the molecule is [2H]C([2H])([2H])c1c(Oc2cccc(NS(=O)(=O)NCC)c2OC(F)(F)F)c(C(=O)NC2CCC2)c(Nc2ccc(I)cc2F)n(C([2H])([2H])[2H])c1=O. The van der Waals surface area contributed by atoms with Crippen LogP contribution in [-0.4, -0.2) is 37.8 Å². The maximum atomic E-state index is 15.1. The first kappa shape index (κ1) is 25.7. The summed E-state index contributed by atoms with van der Waals surface area (Å²) < 4.78 is 144.